The maximum absolute atomic E-state index is 14.6. The molecule has 0 aromatic heterocycles. The van der Waals surface area contributed by atoms with E-state index < -0.39 is 11.3 Å². The Labute approximate surface area is 210 Å². The third-order valence-electron chi connectivity index (χ3n) is 7.46. The standard InChI is InChI=1S/C33H23NO2/c35-31-32(24-14-4-1-5-15-24,25-16-6-2-7-17-25)34(26-18-8-3-9-19-26)33(36-31)29-22-12-10-20-27(29)28-21-11-13-23-30(28)33/h1-23H. The molecule has 5 aromatic rings. The van der Waals surface area contributed by atoms with Crippen LogP contribution in [0.25, 0.3) is 11.1 Å². The highest BCUT2D eigenvalue weighted by molar-refractivity contribution is 5.99. The fourth-order valence-electron chi connectivity index (χ4n) is 6.08. The zero-order chi connectivity index (χ0) is 24.2. The first-order valence-corrected chi connectivity index (χ1v) is 12.2. The van der Waals surface area contributed by atoms with Crippen molar-refractivity contribution in [3.63, 3.8) is 0 Å². The van der Waals surface area contributed by atoms with Crippen molar-refractivity contribution in [1.29, 1.82) is 0 Å². The summed E-state index contributed by atoms with van der Waals surface area (Å²) >= 11 is 0. The molecule has 0 saturated carbocycles. The highest BCUT2D eigenvalue weighted by Gasteiger charge is 2.68. The van der Waals surface area contributed by atoms with E-state index in [1.165, 1.54) is 0 Å². The fraction of sp³-hybridized carbons (Fsp3) is 0.0606. The van der Waals surface area contributed by atoms with E-state index in [2.05, 4.69) is 41.3 Å². The van der Waals surface area contributed by atoms with Gasteiger partial charge in [0.15, 0.2) is 5.54 Å². The quantitative estimate of drug-likeness (QED) is 0.272. The van der Waals surface area contributed by atoms with E-state index in [0.717, 1.165) is 39.1 Å². The Kier molecular flexibility index (Phi) is 4.43. The average Bonchev–Trinajstić information content (AvgIpc) is 3.40. The van der Waals surface area contributed by atoms with Gasteiger partial charge in [0.2, 0.25) is 5.72 Å². The zero-order valence-corrected chi connectivity index (χ0v) is 19.5. The molecule has 0 bridgehead atoms. The van der Waals surface area contributed by atoms with Crippen molar-refractivity contribution in [2.75, 3.05) is 4.90 Å². The van der Waals surface area contributed by atoms with Crippen LogP contribution in [0.5, 0.6) is 0 Å². The molecular weight excluding hydrogens is 442 g/mol. The van der Waals surface area contributed by atoms with Crippen LogP contribution in [0.1, 0.15) is 22.3 Å². The summed E-state index contributed by atoms with van der Waals surface area (Å²) in [6.07, 6.45) is 0. The Balaban J connectivity index is 1.66. The zero-order valence-electron chi connectivity index (χ0n) is 19.5. The molecule has 1 heterocycles. The Bertz CT molecular complexity index is 1490. The molecule has 2 aliphatic rings. The molecule has 0 radical (unpaired) electrons. The molecule has 3 nitrogen and oxygen atoms in total. The van der Waals surface area contributed by atoms with Crippen molar-refractivity contribution in [2.24, 2.45) is 0 Å². The largest absolute Gasteiger partial charge is 0.428 e. The van der Waals surface area contributed by atoms with Crippen LogP contribution in [-0.2, 0) is 20.8 Å². The number of esters is 1. The molecule has 36 heavy (non-hydrogen) atoms. The Morgan fingerprint density at radius 3 is 1.42 bits per heavy atom. The third-order valence-corrected chi connectivity index (χ3v) is 7.46. The van der Waals surface area contributed by atoms with Crippen molar-refractivity contribution < 1.29 is 9.53 Å². The topological polar surface area (TPSA) is 29.5 Å². The fourth-order valence-corrected chi connectivity index (χ4v) is 6.08. The summed E-state index contributed by atoms with van der Waals surface area (Å²) in [4.78, 5) is 16.8. The molecule has 5 aromatic carbocycles. The molecule has 0 atom stereocenters. The molecule has 1 spiro atoms. The van der Waals surface area contributed by atoms with Gasteiger partial charge in [0, 0.05) is 16.8 Å². The molecule has 172 valence electrons. The molecule has 1 saturated heterocycles. The normalized spacial score (nSPS) is 16.4. The van der Waals surface area contributed by atoms with Crippen molar-refractivity contribution in [2.45, 2.75) is 11.3 Å². The minimum Gasteiger partial charge on any atom is -0.428 e. The maximum Gasteiger partial charge on any atom is 0.344 e. The average molecular weight is 466 g/mol. The highest BCUT2D eigenvalue weighted by Crippen LogP contribution is 2.61. The van der Waals surface area contributed by atoms with Crippen LogP contribution in [0, 0.1) is 0 Å². The number of benzene rings is 5. The van der Waals surface area contributed by atoms with Gasteiger partial charge in [-0.1, -0.05) is 127 Å². The van der Waals surface area contributed by atoms with E-state index in [1.54, 1.807) is 0 Å². The number of ether oxygens (including phenoxy) is 1. The summed E-state index contributed by atoms with van der Waals surface area (Å²) in [5.41, 5.74) is 4.41. The van der Waals surface area contributed by atoms with Crippen molar-refractivity contribution in [1.82, 2.24) is 0 Å². The van der Waals surface area contributed by atoms with Gasteiger partial charge in [-0.25, -0.2) is 4.79 Å². The number of para-hydroxylation sites is 1. The lowest BCUT2D eigenvalue weighted by molar-refractivity contribution is -0.148. The first-order chi connectivity index (χ1) is 17.8. The molecule has 1 fully saturated rings. The van der Waals surface area contributed by atoms with Crippen LogP contribution in [0.3, 0.4) is 0 Å². The number of carbonyl (C=O) groups is 1. The molecule has 7 rings (SSSR count). The van der Waals surface area contributed by atoms with Gasteiger partial charge >= 0.3 is 5.97 Å². The van der Waals surface area contributed by atoms with Gasteiger partial charge in [0.05, 0.1) is 0 Å². The van der Waals surface area contributed by atoms with E-state index in [9.17, 15) is 4.79 Å². The van der Waals surface area contributed by atoms with E-state index >= 15 is 0 Å². The summed E-state index contributed by atoms with van der Waals surface area (Å²) < 4.78 is 6.74. The Morgan fingerprint density at radius 1 is 0.500 bits per heavy atom. The number of nitrogens with zero attached hydrogens (tertiary/aromatic N) is 1. The van der Waals surface area contributed by atoms with E-state index in [4.69, 9.17) is 4.74 Å². The first kappa shape index (κ1) is 20.7. The van der Waals surface area contributed by atoms with Crippen LogP contribution in [0.2, 0.25) is 0 Å². The number of hydrogen-bond acceptors (Lipinski definition) is 3. The number of carbonyl (C=O) groups excluding carboxylic acids is 1. The highest BCUT2D eigenvalue weighted by atomic mass is 16.6. The lowest BCUT2D eigenvalue weighted by Crippen LogP contribution is -2.53. The summed E-state index contributed by atoms with van der Waals surface area (Å²) in [6.45, 7) is 0. The maximum atomic E-state index is 14.6. The lowest BCUT2D eigenvalue weighted by atomic mass is 9.79. The smallest absolute Gasteiger partial charge is 0.344 e. The molecule has 0 amide bonds. The van der Waals surface area contributed by atoms with Crippen molar-refractivity contribution >= 4 is 11.7 Å². The summed E-state index contributed by atoms with van der Waals surface area (Å²) in [7, 11) is 0. The minimum atomic E-state index is -1.20. The predicted octanol–water partition coefficient (Wildman–Crippen LogP) is 6.88. The predicted molar refractivity (Wildman–Crippen MR) is 141 cm³/mol. The summed E-state index contributed by atoms with van der Waals surface area (Å²) in [5.74, 6) is -0.296. The number of rotatable bonds is 3. The van der Waals surface area contributed by atoms with Crippen LogP contribution >= 0.6 is 0 Å². The monoisotopic (exact) mass is 465 g/mol. The molecule has 1 aliphatic carbocycles. The number of anilines is 1. The Morgan fingerprint density at radius 2 is 0.917 bits per heavy atom. The van der Waals surface area contributed by atoms with Gasteiger partial charge in [-0.3, -0.25) is 0 Å². The Hall–Kier alpha value is -4.63. The van der Waals surface area contributed by atoms with Gasteiger partial charge in [-0.15, -0.1) is 0 Å². The second-order valence-electron chi connectivity index (χ2n) is 9.24. The number of hydrogen-bond donors (Lipinski definition) is 0. The molecular formula is C33H23NO2. The van der Waals surface area contributed by atoms with Crippen LogP contribution in [0.15, 0.2) is 140 Å². The van der Waals surface area contributed by atoms with Gasteiger partial charge in [-0.05, 0) is 34.4 Å². The van der Waals surface area contributed by atoms with Crippen LogP contribution < -0.4 is 4.90 Å². The van der Waals surface area contributed by atoms with Gasteiger partial charge in [0.1, 0.15) is 0 Å². The van der Waals surface area contributed by atoms with Crippen molar-refractivity contribution in [3.8, 4) is 11.1 Å². The minimum absolute atomic E-state index is 0.296. The van der Waals surface area contributed by atoms with E-state index in [0.29, 0.717) is 0 Å². The molecule has 3 heteroatoms. The number of fused-ring (bicyclic) bond motifs is 5. The SMILES string of the molecule is O=C1OC2(c3ccccc3-c3ccccc32)N(c2ccccc2)C1(c1ccccc1)c1ccccc1. The van der Waals surface area contributed by atoms with Gasteiger partial charge in [0.25, 0.3) is 0 Å². The molecule has 0 unspecified atom stereocenters. The lowest BCUT2D eigenvalue weighted by Gasteiger charge is -2.44. The third kappa shape index (κ3) is 2.55. The summed E-state index contributed by atoms with van der Waals surface area (Å²) in [5, 5.41) is 0. The second kappa shape index (κ2) is 7.69. The van der Waals surface area contributed by atoms with Gasteiger partial charge in [-0.2, -0.15) is 0 Å². The van der Waals surface area contributed by atoms with Crippen molar-refractivity contribution in [3.05, 3.63) is 162 Å². The first-order valence-electron chi connectivity index (χ1n) is 12.2. The van der Waals surface area contributed by atoms with E-state index in [-0.39, 0.29) is 5.97 Å². The molecule has 0 N–H and O–H groups in total. The molecule has 1 aliphatic heterocycles. The van der Waals surface area contributed by atoms with Gasteiger partial charge < -0.3 is 9.64 Å². The van der Waals surface area contributed by atoms with Crippen LogP contribution in [0.4, 0.5) is 5.69 Å². The van der Waals surface area contributed by atoms with E-state index in [1.807, 2.05) is 103 Å². The van der Waals surface area contributed by atoms with Crippen LogP contribution in [-0.4, -0.2) is 5.97 Å². The summed E-state index contributed by atoms with van der Waals surface area (Å²) in [6, 6.07) is 46.7. The second-order valence-corrected chi connectivity index (χ2v) is 9.24.